The third-order valence-corrected chi connectivity index (χ3v) is 0.891. The molecule has 0 aromatic carbocycles. The standard InChI is InChI=1S/C5H9NO/c1-5-6-3-2-4-7-5/h2-3,5-6H,4H2,1H3. The van der Waals surface area contributed by atoms with Crippen molar-refractivity contribution in [2.45, 2.75) is 13.2 Å². The van der Waals surface area contributed by atoms with Crippen LogP contribution in [0.5, 0.6) is 0 Å². The molecule has 0 fully saturated rings. The number of ether oxygens (including phenoxy) is 1. The van der Waals surface area contributed by atoms with Gasteiger partial charge < -0.3 is 10.1 Å². The first-order valence-electron chi connectivity index (χ1n) is 2.42. The minimum Gasteiger partial charge on any atom is -0.367 e. The molecule has 7 heavy (non-hydrogen) atoms. The van der Waals surface area contributed by atoms with Crippen molar-refractivity contribution in [1.82, 2.24) is 5.32 Å². The Morgan fingerprint density at radius 2 is 2.71 bits per heavy atom. The quantitative estimate of drug-likeness (QED) is 0.476. The highest BCUT2D eigenvalue weighted by Crippen LogP contribution is 1.90. The van der Waals surface area contributed by atoms with Crippen LogP contribution in [0.25, 0.3) is 0 Å². The molecule has 1 aliphatic heterocycles. The lowest BCUT2D eigenvalue weighted by atomic mass is 10.5. The highest BCUT2D eigenvalue weighted by atomic mass is 16.5. The summed E-state index contributed by atoms with van der Waals surface area (Å²) in [6.07, 6.45) is 4.05. The van der Waals surface area contributed by atoms with E-state index in [0.717, 1.165) is 6.61 Å². The Morgan fingerprint density at radius 1 is 1.86 bits per heavy atom. The molecule has 0 aromatic heterocycles. The molecule has 1 heterocycles. The summed E-state index contributed by atoms with van der Waals surface area (Å²) in [5, 5.41) is 2.98. The highest BCUT2D eigenvalue weighted by Gasteiger charge is 1.97. The highest BCUT2D eigenvalue weighted by molar-refractivity contribution is 4.83. The second kappa shape index (κ2) is 1.98. The summed E-state index contributed by atoms with van der Waals surface area (Å²) < 4.78 is 5.08. The first kappa shape index (κ1) is 4.65. The van der Waals surface area contributed by atoms with E-state index >= 15 is 0 Å². The number of hydrogen-bond acceptors (Lipinski definition) is 2. The van der Waals surface area contributed by atoms with Crippen LogP contribution in [0.15, 0.2) is 12.3 Å². The van der Waals surface area contributed by atoms with E-state index in [9.17, 15) is 0 Å². The first-order chi connectivity index (χ1) is 3.39. The van der Waals surface area contributed by atoms with Crippen molar-refractivity contribution in [2.75, 3.05) is 6.61 Å². The van der Waals surface area contributed by atoms with Crippen molar-refractivity contribution in [3.8, 4) is 0 Å². The topological polar surface area (TPSA) is 21.3 Å². The molecule has 2 nitrogen and oxygen atoms in total. The van der Waals surface area contributed by atoms with E-state index in [0.29, 0.717) is 0 Å². The van der Waals surface area contributed by atoms with Crippen LogP contribution in [0.4, 0.5) is 0 Å². The van der Waals surface area contributed by atoms with Crippen LogP contribution in [-0.2, 0) is 4.74 Å². The molecule has 1 rings (SSSR count). The van der Waals surface area contributed by atoms with Crippen LogP contribution < -0.4 is 5.32 Å². The second-order valence-electron chi connectivity index (χ2n) is 1.54. The monoisotopic (exact) mass is 99.1 g/mol. The van der Waals surface area contributed by atoms with Gasteiger partial charge in [0, 0.05) is 0 Å². The predicted octanol–water partition coefficient (Wildman–Crippen LogP) is 0.466. The summed E-state index contributed by atoms with van der Waals surface area (Å²) in [4.78, 5) is 0. The normalized spacial score (nSPS) is 29.6. The summed E-state index contributed by atoms with van der Waals surface area (Å²) in [7, 11) is 0. The average Bonchev–Trinajstić information content (AvgIpc) is 1.69. The molecule has 0 amide bonds. The number of nitrogens with one attached hydrogen (secondary N) is 1. The van der Waals surface area contributed by atoms with Gasteiger partial charge >= 0.3 is 0 Å². The van der Waals surface area contributed by atoms with Crippen LogP contribution >= 0.6 is 0 Å². The number of hydrogen-bond donors (Lipinski definition) is 1. The van der Waals surface area contributed by atoms with E-state index in [2.05, 4.69) is 5.32 Å². The van der Waals surface area contributed by atoms with Gasteiger partial charge in [-0.15, -0.1) is 0 Å². The van der Waals surface area contributed by atoms with Crippen LogP contribution in [0, 0.1) is 0 Å². The van der Waals surface area contributed by atoms with E-state index in [1.807, 2.05) is 19.2 Å². The van der Waals surface area contributed by atoms with Crippen molar-refractivity contribution in [3.05, 3.63) is 12.3 Å². The van der Waals surface area contributed by atoms with Gasteiger partial charge in [-0.3, -0.25) is 0 Å². The molecule has 0 aromatic rings. The predicted molar refractivity (Wildman–Crippen MR) is 27.7 cm³/mol. The third kappa shape index (κ3) is 1.20. The van der Waals surface area contributed by atoms with E-state index < -0.39 is 0 Å². The smallest absolute Gasteiger partial charge is 0.124 e. The Kier molecular flexibility index (Phi) is 1.32. The molecule has 1 N–H and O–H groups in total. The Bertz CT molecular complexity index is 80.1. The van der Waals surface area contributed by atoms with E-state index in [1.165, 1.54) is 0 Å². The molecule has 1 unspecified atom stereocenters. The molecule has 1 aliphatic rings. The van der Waals surface area contributed by atoms with Gasteiger partial charge in [0.25, 0.3) is 0 Å². The molecule has 0 spiro atoms. The van der Waals surface area contributed by atoms with Crippen LogP contribution in [0.2, 0.25) is 0 Å². The van der Waals surface area contributed by atoms with Gasteiger partial charge in [0.15, 0.2) is 0 Å². The largest absolute Gasteiger partial charge is 0.367 e. The molecule has 0 radical (unpaired) electrons. The molecule has 40 valence electrons. The maximum atomic E-state index is 5.08. The molecule has 0 aliphatic carbocycles. The second-order valence-corrected chi connectivity index (χ2v) is 1.54. The van der Waals surface area contributed by atoms with E-state index in [4.69, 9.17) is 4.74 Å². The van der Waals surface area contributed by atoms with E-state index in [1.54, 1.807) is 0 Å². The fourth-order valence-electron chi connectivity index (χ4n) is 0.500. The zero-order valence-electron chi connectivity index (χ0n) is 4.35. The van der Waals surface area contributed by atoms with Crippen LogP contribution in [0.3, 0.4) is 0 Å². The lowest BCUT2D eigenvalue weighted by Crippen LogP contribution is -2.27. The molecule has 2 heteroatoms. The van der Waals surface area contributed by atoms with Gasteiger partial charge in [0.05, 0.1) is 6.61 Å². The summed E-state index contributed by atoms with van der Waals surface area (Å²) in [5.74, 6) is 0. The molecule has 0 bridgehead atoms. The first-order valence-corrected chi connectivity index (χ1v) is 2.42. The number of rotatable bonds is 0. The maximum Gasteiger partial charge on any atom is 0.124 e. The Labute approximate surface area is 43.2 Å². The van der Waals surface area contributed by atoms with Gasteiger partial charge in [-0.2, -0.15) is 0 Å². The molecule has 1 atom stereocenters. The van der Waals surface area contributed by atoms with Gasteiger partial charge in [0.2, 0.25) is 0 Å². The fourth-order valence-corrected chi connectivity index (χ4v) is 0.500. The molecular weight excluding hydrogens is 90.1 g/mol. The molecule has 0 saturated carbocycles. The molecule has 0 saturated heterocycles. The lowest BCUT2D eigenvalue weighted by molar-refractivity contribution is 0.0634. The van der Waals surface area contributed by atoms with Crippen molar-refractivity contribution in [1.29, 1.82) is 0 Å². The Morgan fingerprint density at radius 3 is 3.00 bits per heavy atom. The summed E-state index contributed by atoms with van der Waals surface area (Å²) in [5.41, 5.74) is 0. The zero-order chi connectivity index (χ0) is 5.11. The van der Waals surface area contributed by atoms with Crippen molar-refractivity contribution in [3.63, 3.8) is 0 Å². The van der Waals surface area contributed by atoms with Crippen LogP contribution in [-0.4, -0.2) is 12.8 Å². The molecular formula is C5H9NO. The maximum absolute atomic E-state index is 5.08. The van der Waals surface area contributed by atoms with Gasteiger partial charge in [-0.1, -0.05) is 0 Å². The summed E-state index contributed by atoms with van der Waals surface area (Å²) in [6.45, 7) is 2.72. The van der Waals surface area contributed by atoms with E-state index in [-0.39, 0.29) is 6.23 Å². The van der Waals surface area contributed by atoms with Crippen molar-refractivity contribution >= 4 is 0 Å². The lowest BCUT2D eigenvalue weighted by Gasteiger charge is -2.15. The average molecular weight is 99.1 g/mol. The Hall–Kier alpha value is -0.500. The minimum absolute atomic E-state index is 0.199. The van der Waals surface area contributed by atoms with Crippen molar-refractivity contribution in [2.24, 2.45) is 0 Å². The third-order valence-electron chi connectivity index (χ3n) is 0.891. The summed E-state index contributed by atoms with van der Waals surface area (Å²) in [6, 6.07) is 0. The van der Waals surface area contributed by atoms with Gasteiger partial charge in [-0.25, -0.2) is 0 Å². The minimum atomic E-state index is 0.199. The Balaban J connectivity index is 2.32. The fraction of sp³-hybridized carbons (Fsp3) is 0.600. The van der Waals surface area contributed by atoms with Gasteiger partial charge in [-0.05, 0) is 19.2 Å². The van der Waals surface area contributed by atoms with Crippen LogP contribution in [0.1, 0.15) is 6.92 Å². The SMILES string of the molecule is CC1NC=CCO1. The van der Waals surface area contributed by atoms with Crippen molar-refractivity contribution < 1.29 is 4.74 Å². The summed E-state index contributed by atoms with van der Waals surface area (Å²) >= 11 is 0. The zero-order valence-corrected chi connectivity index (χ0v) is 4.35. The van der Waals surface area contributed by atoms with Gasteiger partial charge in [0.1, 0.15) is 6.23 Å².